The summed E-state index contributed by atoms with van der Waals surface area (Å²) >= 11 is 0. The van der Waals surface area contributed by atoms with Crippen molar-refractivity contribution < 1.29 is 19.1 Å². The molecule has 5 aliphatic carbocycles. The maximum absolute atomic E-state index is 12.8. The van der Waals surface area contributed by atoms with E-state index in [9.17, 15) is 9.59 Å². The Morgan fingerprint density at radius 2 is 1.57 bits per heavy atom. The summed E-state index contributed by atoms with van der Waals surface area (Å²) in [6, 6.07) is 10.8. The van der Waals surface area contributed by atoms with Crippen LogP contribution in [-0.4, -0.2) is 26.2 Å². The van der Waals surface area contributed by atoms with Crippen LogP contribution in [-0.2, 0) is 19.1 Å². The summed E-state index contributed by atoms with van der Waals surface area (Å²) in [6.45, 7) is 0. The quantitative estimate of drug-likeness (QED) is 0.589. The molecule has 0 radical (unpaired) electrons. The first-order valence-electron chi connectivity index (χ1n) is 10.8. The van der Waals surface area contributed by atoms with E-state index >= 15 is 0 Å². The molecule has 148 valence electrons. The number of methoxy groups -OCH3 is 2. The van der Waals surface area contributed by atoms with Crippen LogP contribution in [0, 0.1) is 46.3 Å². The summed E-state index contributed by atoms with van der Waals surface area (Å²) in [6.07, 6.45) is 5.38. The molecule has 0 spiro atoms. The molecule has 4 heteroatoms. The lowest BCUT2D eigenvalue weighted by Crippen LogP contribution is -2.41. The van der Waals surface area contributed by atoms with Gasteiger partial charge in [-0.1, -0.05) is 30.3 Å². The van der Waals surface area contributed by atoms with Crippen molar-refractivity contribution >= 4 is 11.9 Å². The Kier molecular flexibility index (Phi) is 3.29. The van der Waals surface area contributed by atoms with Crippen molar-refractivity contribution in [2.24, 2.45) is 46.3 Å². The molecule has 28 heavy (non-hydrogen) atoms. The average Bonchev–Trinajstić information content (AvgIpc) is 3.41. The fourth-order valence-corrected chi connectivity index (χ4v) is 8.66. The Morgan fingerprint density at radius 3 is 2.14 bits per heavy atom. The summed E-state index contributed by atoms with van der Waals surface area (Å²) in [5.41, 5.74) is 0.364. The van der Waals surface area contributed by atoms with Gasteiger partial charge >= 0.3 is 11.9 Å². The molecular formula is C24H28O4. The molecule has 5 saturated carbocycles. The van der Waals surface area contributed by atoms with E-state index in [4.69, 9.17) is 9.47 Å². The van der Waals surface area contributed by atoms with Crippen LogP contribution in [0.1, 0.15) is 43.6 Å². The van der Waals surface area contributed by atoms with Gasteiger partial charge in [0.1, 0.15) is 0 Å². The Labute approximate surface area is 166 Å². The molecule has 1 aromatic carbocycles. The maximum atomic E-state index is 12.8. The third-order valence-electron chi connectivity index (χ3n) is 9.41. The normalized spacial score (nSPS) is 45.9. The minimum Gasteiger partial charge on any atom is -0.468 e. The number of benzene rings is 1. The predicted molar refractivity (Wildman–Crippen MR) is 102 cm³/mol. The van der Waals surface area contributed by atoms with Gasteiger partial charge in [0, 0.05) is 0 Å². The molecule has 0 N–H and O–H groups in total. The van der Waals surface area contributed by atoms with Crippen LogP contribution in [0.4, 0.5) is 0 Å². The lowest BCUT2D eigenvalue weighted by atomic mass is 9.74. The van der Waals surface area contributed by atoms with Crippen molar-refractivity contribution in [3.8, 4) is 0 Å². The molecule has 2 bridgehead atoms. The topological polar surface area (TPSA) is 52.6 Å². The van der Waals surface area contributed by atoms with Gasteiger partial charge in [0.05, 0.1) is 14.2 Å². The molecule has 0 heterocycles. The van der Waals surface area contributed by atoms with Crippen LogP contribution in [0.15, 0.2) is 30.3 Å². The van der Waals surface area contributed by atoms with E-state index < -0.39 is 17.4 Å². The summed E-state index contributed by atoms with van der Waals surface area (Å²) in [5, 5.41) is 0. The second-order valence-electron chi connectivity index (χ2n) is 10.1. The molecule has 4 nitrogen and oxygen atoms in total. The molecule has 1 aromatic rings. The van der Waals surface area contributed by atoms with Crippen LogP contribution in [0.25, 0.3) is 0 Å². The van der Waals surface area contributed by atoms with Crippen LogP contribution >= 0.6 is 0 Å². The van der Waals surface area contributed by atoms with Gasteiger partial charge in [-0.2, -0.15) is 0 Å². The maximum Gasteiger partial charge on any atom is 0.323 e. The van der Waals surface area contributed by atoms with Crippen molar-refractivity contribution in [2.45, 2.75) is 38.0 Å². The standard InChI is InChI=1S/C24H28O4/c1-27-21(25)23(22(26)28-2)11-16-19(13-6-4-3-5-7-13)24(16,12-23)20-17-14-8-9-15(10-14)18(17)20/h3-7,14-20H,8-12H2,1-2H3/t14?,15?,16-,17-,18+,19-,20?,24+/m0/s1. The monoisotopic (exact) mass is 380 g/mol. The van der Waals surface area contributed by atoms with Crippen LogP contribution in [0.5, 0.6) is 0 Å². The highest BCUT2D eigenvalue weighted by molar-refractivity contribution is 6.01. The van der Waals surface area contributed by atoms with Crippen molar-refractivity contribution in [2.75, 3.05) is 14.2 Å². The van der Waals surface area contributed by atoms with E-state index in [-0.39, 0.29) is 5.41 Å². The Hall–Kier alpha value is -1.84. The third-order valence-corrected chi connectivity index (χ3v) is 9.41. The summed E-state index contributed by atoms with van der Waals surface area (Å²) in [4.78, 5) is 25.6. The predicted octanol–water partition coefficient (Wildman–Crippen LogP) is 3.80. The number of esters is 2. The van der Waals surface area contributed by atoms with Crippen LogP contribution in [0.2, 0.25) is 0 Å². The minimum atomic E-state index is -1.10. The first-order valence-corrected chi connectivity index (χ1v) is 10.8. The van der Waals surface area contributed by atoms with Gasteiger partial charge in [-0.3, -0.25) is 9.59 Å². The summed E-state index contributed by atoms with van der Waals surface area (Å²) in [7, 11) is 2.79. The largest absolute Gasteiger partial charge is 0.468 e. The second kappa shape index (κ2) is 5.40. The van der Waals surface area contributed by atoms with Gasteiger partial charge in [0.2, 0.25) is 0 Å². The number of carbonyl (C=O) groups excluding carboxylic acids is 2. The van der Waals surface area contributed by atoms with Gasteiger partial charge in [-0.15, -0.1) is 0 Å². The first-order chi connectivity index (χ1) is 13.6. The van der Waals surface area contributed by atoms with Crippen LogP contribution < -0.4 is 0 Å². The summed E-state index contributed by atoms with van der Waals surface area (Å²) in [5.74, 6) is 4.20. The fraction of sp³-hybridized carbons (Fsp3) is 0.667. The molecular weight excluding hydrogens is 352 g/mol. The molecule has 8 atom stereocenters. The molecule has 3 unspecified atom stereocenters. The molecule has 0 aromatic heterocycles. The number of ether oxygens (including phenoxy) is 2. The zero-order valence-electron chi connectivity index (χ0n) is 16.6. The molecule has 5 fully saturated rings. The number of hydrogen-bond acceptors (Lipinski definition) is 4. The smallest absolute Gasteiger partial charge is 0.323 e. The second-order valence-corrected chi connectivity index (χ2v) is 10.1. The number of carbonyl (C=O) groups is 2. The van der Waals surface area contributed by atoms with Crippen molar-refractivity contribution in [3.63, 3.8) is 0 Å². The van der Waals surface area contributed by atoms with E-state index in [1.54, 1.807) is 0 Å². The Morgan fingerprint density at radius 1 is 0.964 bits per heavy atom. The molecule has 0 saturated heterocycles. The third kappa shape index (κ3) is 1.83. The van der Waals surface area contributed by atoms with E-state index in [0.29, 0.717) is 30.6 Å². The van der Waals surface area contributed by atoms with Gasteiger partial charge in [0.25, 0.3) is 0 Å². The highest BCUT2D eigenvalue weighted by Crippen LogP contribution is 2.89. The van der Waals surface area contributed by atoms with Crippen molar-refractivity contribution in [1.82, 2.24) is 0 Å². The molecule has 6 rings (SSSR count). The van der Waals surface area contributed by atoms with E-state index in [2.05, 4.69) is 30.3 Å². The first kappa shape index (κ1) is 17.1. The highest BCUT2D eigenvalue weighted by Gasteiger charge is 2.85. The van der Waals surface area contributed by atoms with Gasteiger partial charge < -0.3 is 9.47 Å². The number of hydrogen-bond donors (Lipinski definition) is 0. The molecule has 0 aliphatic heterocycles. The molecule has 0 amide bonds. The van der Waals surface area contributed by atoms with E-state index in [1.165, 1.54) is 39.0 Å². The van der Waals surface area contributed by atoms with Crippen molar-refractivity contribution in [1.29, 1.82) is 0 Å². The van der Waals surface area contributed by atoms with E-state index in [0.717, 1.165) is 23.7 Å². The SMILES string of the molecule is COC(=O)C1(C(=O)OC)C[C@H]2[C@H](c3ccccc3)[C@@]2(C2[C@H]3C4CCC(C4)[C@@H]23)C1. The van der Waals surface area contributed by atoms with Gasteiger partial charge in [-0.25, -0.2) is 0 Å². The highest BCUT2D eigenvalue weighted by atomic mass is 16.5. The zero-order chi connectivity index (χ0) is 19.3. The van der Waals surface area contributed by atoms with E-state index in [1.807, 2.05) is 0 Å². The van der Waals surface area contributed by atoms with Crippen LogP contribution in [0.3, 0.4) is 0 Å². The average molecular weight is 380 g/mol. The van der Waals surface area contributed by atoms with Gasteiger partial charge in [-0.05, 0) is 84.5 Å². The molecule has 5 aliphatic rings. The summed E-state index contributed by atoms with van der Waals surface area (Å²) < 4.78 is 10.2. The lowest BCUT2D eigenvalue weighted by Gasteiger charge is -2.30. The number of rotatable bonds is 4. The van der Waals surface area contributed by atoms with Crippen molar-refractivity contribution in [3.05, 3.63) is 35.9 Å². The fourth-order valence-electron chi connectivity index (χ4n) is 8.66. The number of fused-ring (bicyclic) bond motifs is 6. The zero-order valence-corrected chi connectivity index (χ0v) is 16.6. The minimum absolute atomic E-state index is 0.0837. The lowest BCUT2D eigenvalue weighted by molar-refractivity contribution is -0.170. The Balaban J connectivity index is 1.40. The van der Waals surface area contributed by atoms with Gasteiger partial charge in [0.15, 0.2) is 5.41 Å². The Bertz CT molecular complexity index is 815.